The summed E-state index contributed by atoms with van der Waals surface area (Å²) in [6.07, 6.45) is -1.69. The van der Waals surface area contributed by atoms with E-state index < -0.39 is 104 Å². The maximum Gasteiger partial charge on any atom is 0.311 e. The summed E-state index contributed by atoms with van der Waals surface area (Å²) in [5.41, 5.74) is -0.464. The number of rotatable bonds is 5. The number of hydrogen-bond acceptors (Lipinski definition) is 12. The molecule has 1 saturated carbocycles. The number of esters is 1. The molecule has 14 nitrogen and oxygen atoms in total. The number of aliphatic hydroxyl groups is 3. The number of aromatic hydroxyl groups is 1. The van der Waals surface area contributed by atoms with Crippen LogP contribution in [0.5, 0.6) is 5.75 Å². The summed E-state index contributed by atoms with van der Waals surface area (Å²) in [4.78, 5) is 64.0. The average Bonchev–Trinajstić information content (AvgIpc) is 2.84. The maximum absolute atomic E-state index is 14.1. The van der Waals surface area contributed by atoms with Crippen molar-refractivity contribution in [3.05, 3.63) is 50.3 Å². The minimum Gasteiger partial charge on any atom is -0.508 e. The van der Waals surface area contributed by atoms with E-state index in [1.165, 1.54) is 32.0 Å². The second-order valence-corrected chi connectivity index (χ2v) is 10.0. The van der Waals surface area contributed by atoms with Gasteiger partial charge in [-0.25, -0.2) is 0 Å². The number of fused-ring (bicyclic) bond motifs is 3. The van der Waals surface area contributed by atoms with E-state index in [0.717, 1.165) is 6.07 Å². The number of ether oxygens (including phenoxy) is 1. The highest BCUT2D eigenvalue weighted by Gasteiger charge is 2.69. The number of likely N-dealkylation sites (N-methyl/N-ethyl adjacent to an activating group) is 1. The molecule has 0 bridgehead atoms. The van der Waals surface area contributed by atoms with Gasteiger partial charge in [0.05, 0.1) is 22.4 Å². The number of primary amides is 1. The molecule has 0 heterocycles. The Morgan fingerprint density at radius 3 is 2.33 bits per heavy atom. The number of ketones is 2. The number of nitrogens with zero attached hydrogens (tertiary/aromatic N) is 2. The molecule has 14 heteroatoms. The van der Waals surface area contributed by atoms with Crippen LogP contribution >= 0.6 is 0 Å². The number of aliphatic hydroxyl groups excluding tert-OH is 2. The first kappa shape index (κ1) is 27.7. The quantitative estimate of drug-likeness (QED) is 0.146. The molecule has 208 valence electrons. The van der Waals surface area contributed by atoms with Crippen LogP contribution in [0, 0.1) is 22.0 Å². The van der Waals surface area contributed by atoms with Gasteiger partial charge in [-0.2, -0.15) is 0 Å². The second-order valence-electron chi connectivity index (χ2n) is 10.0. The molecule has 3 aliphatic carbocycles. The number of nitro benzene ring substituents is 1. The molecular weight excluding hydrogens is 518 g/mol. The summed E-state index contributed by atoms with van der Waals surface area (Å²) in [6, 6.07) is 0.791. The summed E-state index contributed by atoms with van der Waals surface area (Å²) in [5, 5.41) is 56.3. The number of carbonyl (C=O) groups is 4. The lowest BCUT2D eigenvalue weighted by Gasteiger charge is -2.54. The molecule has 1 unspecified atom stereocenters. The fourth-order valence-electron chi connectivity index (χ4n) is 6.10. The van der Waals surface area contributed by atoms with E-state index in [1.807, 2.05) is 0 Å². The molecule has 6 N–H and O–H groups in total. The number of nitrogens with two attached hydrogens (primary N) is 1. The molecule has 0 spiro atoms. The molecular formula is C25H27N3O11. The Kier molecular flexibility index (Phi) is 6.52. The van der Waals surface area contributed by atoms with Crippen LogP contribution in [-0.4, -0.2) is 85.5 Å². The molecule has 0 saturated heterocycles. The highest BCUT2D eigenvalue weighted by atomic mass is 16.6. The van der Waals surface area contributed by atoms with Gasteiger partial charge in [-0.15, -0.1) is 0 Å². The van der Waals surface area contributed by atoms with Gasteiger partial charge in [0.2, 0.25) is 11.5 Å². The lowest BCUT2D eigenvalue weighted by atomic mass is 9.54. The molecule has 1 aromatic carbocycles. The first-order valence-electron chi connectivity index (χ1n) is 12.0. The lowest BCUT2D eigenvalue weighted by Crippen LogP contribution is -2.71. The smallest absolute Gasteiger partial charge is 0.311 e. The predicted octanol–water partition coefficient (Wildman–Crippen LogP) is 0.365. The lowest BCUT2D eigenvalue weighted by molar-refractivity contribution is -0.385. The van der Waals surface area contributed by atoms with E-state index in [2.05, 4.69) is 0 Å². The Morgan fingerprint density at radius 1 is 1.21 bits per heavy atom. The van der Waals surface area contributed by atoms with Crippen molar-refractivity contribution in [3.8, 4) is 5.75 Å². The Balaban J connectivity index is 2.13. The van der Waals surface area contributed by atoms with Gasteiger partial charge >= 0.3 is 11.7 Å². The number of amides is 1. The number of Topliss-reactive ketones (excluding diaryl/α,β-unsaturated/α-hetero) is 2. The van der Waals surface area contributed by atoms with Crippen LogP contribution in [-0.2, 0) is 23.9 Å². The molecule has 3 aliphatic rings. The summed E-state index contributed by atoms with van der Waals surface area (Å²) >= 11 is 0. The van der Waals surface area contributed by atoms with Crippen molar-refractivity contribution in [1.29, 1.82) is 0 Å². The molecule has 1 aromatic rings. The van der Waals surface area contributed by atoms with Gasteiger partial charge in [-0.05, 0) is 25.6 Å². The van der Waals surface area contributed by atoms with Crippen LogP contribution in [0.3, 0.4) is 0 Å². The van der Waals surface area contributed by atoms with Crippen LogP contribution in [0.1, 0.15) is 37.3 Å². The minimum absolute atomic E-state index is 0.153. The number of hydrogen-bond donors (Lipinski definition) is 5. The monoisotopic (exact) mass is 545 g/mol. The SMILES string of the molecule is CCC(=O)O[C@H]1[C@H]2C(=C(O)c3c(ccc([N+](=O)[O-])c3O)[C@@H]2C)C(=O)[C@]2(O)C(O)=C(C(N)=O)C(=O)C(N(C)C)[C@H]12. The van der Waals surface area contributed by atoms with E-state index in [1.54, 1.807) is 6.92 Å². The molecule has 1 fully saturated rings. The Hall–Kier alpha value is -4.30. The fourth-order valence-corrected chi connectivity index (χ4v) is 6.10. The maximum atomic E-state index is 14.1. The molecule has 1 amide bonds. The van der Waals surface area contributed by atoms with Crippen molar-refractivity contribution >= 4 is 34.9 Å². The second kappa shape index (κ2) is 9.17. The molecule has 0 aromatic heterocycles. The Morgan fingerprint density at radius 2 is 1.82 bits per heavy atom. The third-order valence-corrected chi connectivity index (χ3v) is 7.83. The zero-order chi connectivity index (χ0) is 29.3. The van der Waals surface area contributed by atoms with Crippen molar-refractivity contribution in [2.45, 2.75) is 43.9 Å². The van der Waals surface area contributed by atoms with Gasteiger partial charge in [0.1, 0.15) is 23.2 Å². The molecule has 0 radical (unpaired) electrons. The van der Waals surface area contributed by atoms with Crippen molar-refractivity contribution < 1.29 is 49.3 Å². The first-order valence-corrected chi connectivity index (χ1v) is 12.0. The summed E-state index contributed by atoms with van der Waals surface area (Å²) in [7, 11) is 2.82. The van der Waals surface area contributed by atoms with Gasteiger partial charge in [-0.3, -0.25) is 34.2 Å². The van der Waals surface area contributed by atoms with Gasteiger partial charge in [0.25, 0.3) is 5.91 Å². The number of phenolic OH excluding ortho intramolecular Hbond substituents is 1. The third-order valence-electron chi connectivity index (χ3n) is 7.83. The van der Waals surface area contributed by atoms with Crippen LogP contribution in [0.25, 0.3) is 5.76 Å². The van der Waals surface area contributed by atoms with Gasteiger partial charge in [0.15, 0.2) is 11.4 Å². The minimum atomic E-state index is -3.08. The predicted molar refractivity (Wildman–Crippen MR) is 131 cm³/mol. The van der Waals surface area contributed by atoms with Crippen molar-refractivity contribution in [2.24, 2.45) is 17.6 Å². The van der Waals surface area contributed by atoms with E-state index in [4.69, 9.17) is 10.5 Å². The van der Waals surface area contributed by atoms with Crippen LogP contribution < -0.4 is 5.73 Å². The highest BCUT2D eigenvalue weighted by Crippen LogP contribution is 2.57. The van der Waals surface area contributed by atoms with Crippen LogP contribution in [0.4, 0.5) is 5.69 Å². The topological polar surface area (TPSA) is 231 Å². The largest absolute Gasteiger partial charge is 0.508 e. The molecule has 4 rings (SSSR count). The standard InChI is InChI=1S/C25H27N3O11/c1-5-11(29)39-21-12-8(2)9-6-7-10(28(37)38)18(30)13(9)19(31)14(12)22(33)25(36)16(21)17(27(3)4)20(32)15(23(25)34)24(26)35/h6-8,12,16-17,21,30-31,34,36H,5H2,1-4H3,(H2,26,35)/t8-,12+,16+,17?,21-,25-/m0/s1. The Bertz CT molecular complexity index is 1410. The van der Waals surface area contributed by atoms with Crippen LogP contribution in [0.15, 0.2) is 29.0 Å². The summed E-state index contributed by atoms with van der Waals surface area (Å²) < 4.78 is 5.70. The molecule has 39 heavy (non-hydrogen) atoms. The zero-order valence-corrected chi connectivity index (χ0v) is 21.4. The number of phenols is 1. The first-order chi connectivity index (χ1) is 18.1. The van der Waals surface area contributed by atoms with Gasteiger partial charge in [0, 0.05) is 24.0 Å². The van der Waals surface area contributed by atoms with Crippen LogP contribution in [0.2, 0.25) is 0 Å². The number of benzene rings is 1. The average molecular weight is 546 g/mol. The van der Waals surface area contributed by atoms with Gasteiger partial charge in [-0.1, -0.05) is 19.9 Å². The van der Waals surface area contributed by atoms with E-state index in [-0.39, 0.29) is 12.0 Å². The molecule has 6 atom stereocenters. The molecule has 0 aliphatic heterocycles. The van der Waals surface area contributed by atoms with E-state index in [0.29, 0.717) is 0 Å². The van der Waals surface area contributed by atoms with Gasteiger partial charge < -0.3 is 30.9 Å². The number of nitro groups is 1. The normalized spacial score (nSPS) is 30.1. The fraction of sp³-hybridized carbons (Fsp3) is 0.440. The highest BCUT2D eigenvalue weighted by molar-refractivity contribution is 6.24. The van der Waals surface area contributed by atoms with Crippen molar-refractivity contribution in [2.75, 3.05) is 14.1 Å². The van der Waals surface area contributed by atoms with E-state index >= 15 is 0 Å². The van der Waals surface area contributed by atoms with Crippen molar-refractivity contribution in [1.82, 2.24) is 4.90 Å². The summed E-state index contributed by atoms with van der Waals surface area (Å²) in [5.74, 6) is -11.6. The number of carbonyl (C=O) groups excluding carboxylic acids is 4. The third kappa shape index (κ3) is 3.62. The zero-order valence-electron chi connectivity index (χ0n) is 21.4. The van der Waals surface area contributed by atoms with Crippen molar-refractivity contribution in [3.63, 3.8) is 0 Å². The van der Waals surface area contributed by atoms with E-state index in [9.17, 15) is 49.7 Å². The Labute approximate surface area is 221 Å². The summed E-state index contributed by atoms with van der Waals surface area (Å²) in [6.45, 7) is 3.02.